The minimum Gasteiger partial charge on any atom is -0.493 e. The first kappa shape index (κ1) is 26.7. The second kappa shape index (κ2) is 11.4. The molecular formula is C31H25F3N2O4. The molecule has 0 aliphatic carbocycles. The molecule has 1 aromatic heterocycles. The predicted octanol–water partition coefficient (Wildman–Crippen LogP) is 8.39. The van der Waals surface area contributed by atoms with Gasteiger partial charge in [0.05, 0.1) is 25.3 Å². The molecule has 0 bridgehead atoms. The summed E-state index contributed by atoms with van der Waals surface area (Å²) in [6, 6.07) is 25.0. The van der Waals surface area contributed by atoms with E-state index >= 15 is 0 Å². The van der Waals surface area contributed by atoms with Gasteiger partial charge in [0.1, 0.15) is 23.9 Å². The van der Waals surface area contributed by atoms with Gasteiger partial charge in [0.25, 0.3) is 0 Å². The van der Waals surface area contributed by atoms with E-state index in [0.29, 0.717) is 28.7 Å². The minimum atomic E-state index is -4.45. The van der Waals surface area contributed by atoms with E-state index in [4.69, 9.17) is 18.9 Å². The van der Waals surface area contributed by atoms with Gasteiger partial charge < -0.3 is 24.3 Å². The second-order valence-corrected chi connectivity index (χ2v) is 8.75. The van der Waals surface area contributed by atoms with Gasteiger partial charge in [-0.15, -0.1) is 0 Å². The lowest BCUT2D eigenvalue weighted by Crippen LogP contribution is -2.10. The molecule has 0 unspecified atom stereocenters. The Morgan fingerprint density at radius 3 is 2.23 bits per heavy atom. The fourth-order valence-electron chi connectivity index (χ4n) is 4.19. The van der Waals surface area contributed by atoms with E-state index in [1.54, 1.807) is 50.7 Å². The van der Waals surface area contributed by atoms with Crippen molar-refractivity contribution in [3.8, 4) is 28.7 Å². The molecule has 5 aromatic rings. The largest absolute Gasteiger partial charge is 0.493 e. The average molecular weight is 547 g/mol. The van der Waals surface area contributed by atoms with Crippen LogP contribution in [0.3, 0.4) is 0 Å². The molecule has 0 saturated heterocycles. The molecule has 204 valence electrons. The van der Waals surface area contributed by atoms with Crippen LogP contribution in [0.4, 0.5) is 24.5 Å². The van der Waals surface area contributed by atoms with Crippen LogP contribution in [0.2, 0.25) is 0 Å². The Morgan fingerprint density at radius 2 is 1.48 bits per heavy atom. The Labute approximate surface area is 228 Å². The number of benzene rings is 4. The maximum atomic E-state index is 13.3. The van der Waals surface area contributed by atoms with Crippen molar-refractivity contribution in [1.29, 1.82) is 0 Å². The number of nitrogens with one attached hydrogen (secondary N) is 1. The lowest BCUT2D eigenvalue weighted by atomic mass is 10.1. The third-order valence-corrected chi connectivity index (χ3v) is 6.14. The summed E-state index contributed by atoms with van der Waals surface area (Å²) < 4.78 is 62.2. The molecule has 0 radical (unpaired) electrons. The Kier molecular flexibility index (Phi) is 7.63. The average Bonchev–Trinajstić information content (AvgIpc) is 2.96. The van der Waals surface area contributed by atoms with Crippen molar-refractivity contribution in [2.24, 2.45) is 0 Å². The summed E-state index contributed by atoms with van der Waals surface area (Å²) in [5.74, 6) is 2.66. The molecule has 40 heavy (non-hydrogen) atoms. The van der Waals surface area contributed by atoms with Crippen molar-refractivity contribution < 1.29 is 32.1 Å². The monoisotopic (exact) mass is 546 g/mol. The lowest BCUT2D eigenvalue weighted by molar-refractivity contribution is -0.138. The van der Waals surface area contributed by atoms with Gasteiger partial charge in [-0.05, 0) is 54.6 Å². The predicted molar refractivity (Wildman–Crippen MR) is 147 cm³/mol. The highest BCUT2D eigenvalue weighted by molar-refractivity contribution is 5.95. The minimum absolute atomic E-state index is 0.0592. The number of fused-ring (bicyclic) bond motifs is 1. The highest BCUT2D eigenvalue weighted by atomic mass is 19.4. The Morgan fingerprint density at radius 1 is 0.750 bits per heavy atom. The summed E-state index contributed by atoms with van der Waals surface area (Å²) in [7, 11) is 3.16. The summed E-state index contributed by atoms with van der Waals surface area (Å²) >= 11 is 0. The highest BCUT2D eigenvalue weighted by Crippen LogP contribution is 2.36. The fourth-order valence-corrected chi connectivity index (χ4v) is 4.19. The van der Waals surface area contributed by atoms with E-state index < -0.39 is 11.7 Å². The van der Waals surface area contributed by atoms with Gasteiger partial charge in [-0.1, -0.05) is 24.3 Å². The summed E-state index contributed by atoms with van der Waals surface area (Å²) in [6.45, 7) is -0.220. The van der Waals surface area contributed by atoms with Crippen molar-refractivity contribution in [3.63, 3.8) is 0 Å². The highest BCUT2D eigenvalue weighted by Gasteiger charge is 2.33. The number of alkyl halides is 3. The Hall–Kier alpha value is -4.92. The molecule has 6 nitrogen and oxygen atoms in total. The molecule has 0 saturated carbocycles. The van der Waals surface area contributed by atoms with Crippen LogP contribution in [0.25, 0.3) is 10.9 Å². The number of halogens is 3. The number of methoxy groups -OCH3 is 2. The van der Waals surface area contributed by atoms with Gasteiger partial charge >= 0.3 is 6.18 Å². The van der Waals surface area contributed by atoms with Crippen LogP contribution in [-0.4, -0.2) is 19.2 Å². The normalized spacial score (nSPS) is 11.2. The zero-order valence-corrected chi connectivity index (χ0v) is 21.7. The van der Waals surface area contributed by atoms with Gasteiger partial charge in [-0.2, -0.15) is 13.2 Å². The van der Waals surface area contributed by atoms with Gasteiger partial charge in [0, 0.05) is 40.7 Å². The third-order valence-electron chi connectivity index (χ3n) is 6.14. The van der Waals surface area contributed by atoms with E-state index in [-0.39, 0.29) is 12.2 Å². The first-order valence-electron chi connectivity index (χ1n) is 12.3. The number of hydrogen-bond donors (Lipinski definition) is 1. The standard InChI is InChI=1S/C31H25F3N2O4/c1-37-29-17-25-27(14-15-35-28(25)18-30(29)38-2)36-21-10-12-22(13-11-21)40-24-8-5-7-23(16-24)39-19-20-6-3-4-9-26(20)31(32,33)34/h3-18H,19H2,1-2H3,(H,35,36). The quantitative estimate of drug-likeness (QED) is 0.200. The van der Waals surface area contributed by atoms with Gasteiger partial charge in [0.15, 0.2) is 11.5 Å². The molecule has 5 rings (SSSR count). The van der Waals surface area contributed by atoms with Crippen molar-refractivity contribution in [3.05, 3.63) is 108 Å². The van der Waals surface area contributed by atoms with Crippen LogP contribution in [-0.2, 0) is 12.8 Å². The maximum absolute atomic E-state index is 13.3. The number of rotatable bonds is 9. The molecule has 0 atom stereocenters. The third kappa shape index (κ3) is 6.04. The molecule has 0 amide bonds. The number of anilines is 2. The molecule has 0 aliphatic rings. The van der Waals surface area contributed by atoms with E-state index in [9.17, 15) is 13.2 Å². The Bertz CT molecular complexity index is 1620. The van der Waals surface area contributed by atoms with Crippen molar-refractivity contribution in [2.45, 2.75) is 12.8 Å². The summed E-state index contributed by atoms with van der Waals surface area (Å²) in [5.41, 5.74) is 1.77. The molecule has 0 fully saturated rings. The number of nitrogens with zero attached hydrogens (tertiary/aromatic N) is 1. The van der Waals surface area contributed by atoms with Crippen molar-refractivity contribution in [1.82, 2.24) is 4.98 Å². The molecule has 0 spiro atoms. The van der Waals surface area contributed by atoms with Crippen molar-refractivity contribution >= 4 is 22.3 Å². The van der Waals surface area contributed by atoms with Gasteiger partial charge in [-0.25, -0.2) is 0 Å². The van der Waals surface area contributed by atoms with E-state index in [1.165, 1.54) is 12.1 Å². The molecule has 1 heterocycles. The number of hydrogen-bond acceptors (Lipinski definition) is 6. The van der Waals surface area contributed by atoms with Crippen LogP contribution >= 0.6 is 0 Å². The van der Waals surface area contributed by atoms with Crippen LogP contribution in [0.5, 0.6) is 28.7 Å². The molecule has 9 heteroatoms. The van der Waals surface area contributed by atoms with Crippen LogP contribution in [0.1, 0.15) is 11.1 Å². The molecular weight excluding hydrogens is 521 g/mol. The SMILES string of the molecule is COc1cc2nccc(Nc3ccc(Oc4cccc(OCc5ccccc5C(F)(F)F)c4)cc3)c2cc1OC. The summed E-state index contributed by atoms with van der Waals surface area (Å²) in [5, 5.41) is 4.26. The van der Waals surface area contributed by atoms with Crippen LogP contribution in [0, 0.1) is 0 Å². The zero-order chi connectivity index (χ0) is 28.1. The second-order valence-electron chi connectivity index (χ2n) is 8.75. The summed E-state index contributed by atoms with van der Waals surface area (Å²) in [6.07, 6.45) is -2.73. The first-order chi connectivity index (χ1) is 19.3. The number of pyridine rings is 1. The zero-order valence-electron chi connectivity index (χ0n) is 21.7. The summed E-state index contributed by atoms with van der Waals surface area (Å²) in [4.78, 5) is 4.43. The first-order valence-corrected chi connectivity index (χ1v) is 12.3. The molecule has 1 N–H and O–H groups in total. The smallest absolute Gasteiger partial charge is 0.416 e. The van der Waals surface area contributed by atoms with E-state index in [2.05, 4.69) is 10.3 Å². The van der Waals surface area contributed by atoms with Crippen LogP contribution < -0.4 is 24.3 Å². The number of ether oxygens (including phenoxy) is 4. The molecule has 4 aromatic carbocycles. The number of aromatic nitrogens is 1. The fraction of sp³-hybridized carbons (Fsp3) is 0.129. The van der Waals surface area contributed by atoms with Crippen LogP contribution in [0.15, 0.2) is 97.2 Å². The maximum Gasteiger partial charge on any atom is 0.416 e. The van der Waals surface area contributed by atoms with E-state index in [1.807, 2.05) is 42.5 Å². The van der Waals surface area contributed by atoms with Gasteiger partial charge in [-0.3, -0.25) is 4.98 Å². The van der Waals surface area contributed by atoms with Gasteiger partial charge in [0.2, 0.25) is 0 Å². The lowest BCUT2D eigenvalue weighted by Gasteiger charge is -2.14. The van der Waals surface area contributed by atoms with Crippen molar-refractivity contribution in [2.75, 3.05) is 19.5 Å². The topological polar surface area (TPSA) is 61.8 Å². The van der Waals surface area contributed by atoms with E-state index in [0.717, 1.165) is 28.3 Å². The molecule has 0 aliphatic heterocycles. The Balaban J connectivity index is 1.27.